The van der Waals surface area contributed by atoms with Gasteiger partial charge in [-0.3, -0.25) is 0 Å². The van der Waals surface area contributed by atoms with Gasteiger partial charge in [0.25, 0.3) is 0 Å². The Morgan fingerprint density at radius 2 is 1.43 bits per heavy atom. The Kier molecular flexibility index (Phi) is 9.32. The highest BCUT2D eigenvalue weighted by Gasteiger charge is 2.23. The fourth-order valence-corrected chi connectivity index (χ4v) is 5.24. The first-order valence-electron chi connectivity index (χ1n) is 12.9. The van der Waals surface area contributed by atoms with Gasteiger partial charge in [0.05, 0.1) is 14.2 Å². The first-order chi connectivity index (χ1) is 17.7. The van der Waals surface area contributed by atoms with Crippen molar-refractivity contribution in [2.75, 3.05) is 33.9 Å². The summed E-state index contributed by atoms with van der Waals surface area (Å²) in [5.41, 5.74) is 3.57. The van der Waals surface area contributed by atoms with Crippen LogP contribution in [0.3, 0.4) is 0 Å². The molecular weight excluding hydrogens is 482 g/mol. The zero-order chi connectivity index (χ0) is 24.7. The van der Waals surface area contributed by atoms with Gasteiger partial charge < -0.3 is 19.1 Å². The molecule has 0 aromatic heterocycles. The molecule has 1 saturated heterocycles. The minimum absolute atomic E-state index is 0. The topological polar surface area (TPSA) is 30.9 Å². The van der Waals surface area contributed by atoms with Gasteiger partial charge in [-0.2, -0.15) is 0 Å². The number of para-hydroxylation sites is 1. The number of fused-ring (bicyclic) bond motifs is 1. The number of halogens is 1. The van der Waals surface area contributed by atoms with Crippen molar-refractivity contribution in [3.05, 3.63) is 90.5 Å². The van der Waals surface area contributed by atoms with Crippen LogP contribution in [0.4, 0.5) is 0 Å². The molecule has 0 radical (unpaired) electrons. The van der Waals surface area contributed by atoms with E-state index in [1.807, 2.05) is 36.4 Å². The van der Waals surface area contributed by atoms with Crippen LogP contribution in [0.15, 0.2) is 84.9 Å². The number of likely N-dealkylation sites (tertiary alicyclic amines) is 1. The van der Waals surface area contributed by atoms with Crippen LogP contribution in [-0.2, 0) is 0 Å². The summed E-state index contributed by atoms with van der Waals surface area (Å²) in [5.74, 6) is 2.61. The predicted octanol–water partition coefficient (Wildman–Crippen LogP) is 7.94. The Morgan fingerprint density at radius 1 is 0.730 bits per heavy atom. The summed E-state index contributed by atoms with van der Waals surface area (Å²) in [4.78, 5) is 2.59. The second-order valence-corrected chi connectivity index (χ2v) is 9.45. The molecule has 5 heteroatoms. The van der Waals surface area contributed by atoms with Crippen molar-refractivity contribution in [1.82, 2.24) is 4.90 Å². The highest BCUT2D eigenvalue weighted by atomic mass is 35.5. The van der Waals surface area contributed by atoms with Crippen LogP contribution >= 0.6 is 12.4 Å². The maximum Gasteiger partial charge on any atom is 0.126 e. The van der Waals surface area contributed by atoms with E-state index in [4.69, 9.17) is 14.2 Å². The number of nitrogens with zero attached hydrogens (tertiary/aromatic N) is 1. The van der Waals surface area contributed by atoms with E-state index in [0.717, 1.165) is 41.2 Å². The standard InChI is InChI=1S/C32H35NO3.ClH/c1-34-26-14-11-24(12-15-26)29-17-13-25-23-28(35-2)16-18-30(25)32(29)31(36-27-9-5-3-6-10-27)19-22-33-20-7-4-8-21-33;/h3,5-6,9-18,23,31H,4,7-8,19-22H2,1-2H3;1H. The predicted molar refractivity (Wildman–Crippen MR) is 154 cm³/mol. The van der Waals surface area contributed by atoms with Crippen LogP contribution in [0, 0.1) is 0 Å². The average Bonchev–Trinajstić information content (AvgIpc) is 2.95. The maximum absolute atomic E-state index is 6.78. The van der Waals surface area contributed by atoms with Crippen molar-refractivity contribution in [3.63, 3.8) is 0 Å². The Balaban J connectivity index is 0.00000320. The van der Waals surface area contributed by atoms with Gasteiger partial charge in [0, 0.05) is 18.5 Å². The Hall–Kier alpha value is -3.21. The van der Waals surface area contributed by atoms with Crippen LogP contribution < -0.4 is 14.2 Å². The van der Waals surface area contributed by atoms with Crippen LogP contribution in [0.5, 0.6) is 17.2 Å². The number of hydrogen-bond acceptors (Lipinski definition) is 4. The summed E-state index contributed by atoms with van der Waals surface area (Å²) < 4.78 is 17.7. The molecule has 0 aliphatic carbocycles. The van der Waals surface area contributed by atoms with Gasteiger partial charge in [0.15, 0.2) is 0 Å². The van der Waals surface area contributed by atoms with E-state index in [1.165, 1.54) is 48.9 Å². The quantitative estimate of drug-likeness (QED) is 0.225. The summed E-state index contributed by atoms with van der Waals surface area (Å²) in [7, 11) is 3.42. The van der Waals surface area contributed by atoms with E-state index < -0.39 is 0 Å². The number of piperidine rings is 1. The molecule has 4 aromatic carbocycles. The van der Waals surface area contributed by atoms with Crippen molar-refractivity contribution in [1.29, 1.82) is 0 Å². The van der Waals surface area contributed by atoms with Gasteiger partial charge in [-0.05, 0) is 84.2 Å². The van der Waals surface area contributed by atoms with E-state index in [0.29, 0.717) is 0 Å². The van der Waals surface area contributed by atoms with Crippen LogP contribution in [0.25, 0.3) is 21.9 Å². The van der Waals surface area contributed by atoms with Crippen molar-refractivity contribution in [2.24, 2.45) is 0 Å². The van der Waals surface area contributed by atoms with E-state index in [9.17, 15) is 0 Å². The first-order valence-corrected chi connectivity index (χ1v) is 12.9. The van der Waals surface area contributed by atoms with Crippen molar-refractivity contribution < 1.29 is 14.2 Å². The van der Waals surface area contributed by atoms with Gasteiger partial charge >= 0.3 is 0 Å². The van der Waals surface area contributed by atoms with E-state index in [1.54, 1.807) is 14.2 Å². The lowest BCUT2D eigenvalue weighted by molar-refractivity contribution is 0.154. The number of ether oxygens (including phenoxy) is 3. The van der Waals surface area contributed by atoms with Gasteiger partial charge in [-0.1, -0.05) is 55.0 Å². The molecule has 0 saturated carbocycles. The van der Waals surface area contributed by atoms with Crippen LogP contribution in [0.1, 0.15) is 37.4 Å². The molecule has 194 valence electrons. The average molecular weight is 518 g/mol. The molecule has 1 aliphatic rings. The van der Waals surface area contributed by atoms with Crippen LogP contribution in [0.2, 0.25) is 0 Å². The van der Waals surface area contributed by atoms with Gasteiger partial charge in [-0.25, -0.2) is 0 Å². The van der Waals surface area contributed by atoms with Gasteiger partial charge in [-0.15, -0.1) is 12.4 Å². The largest absolute Gasteiger partial charge is 0.497 e. The van der Waals surface area contributed by atoms with Crippen LogP contribution in [-0.4, -0.2) is 38.8 Å². The van der Waals surface area contributed by atoms with Crippen molar-refractivity contribution >= 4 is 23.2 Å². The molecule has 0 bridgehead atoms. The molecular formula is C32H36ClNO3. The number of benzene rings is 4. The normalized spacial score (nSPS) is 14.5. The fraction of sp³-hybridized carbons (Fsp3) is 0.312. The fourth-order valence-electron chi connectivity index (χ4n) is 5.24. The molecule has 37 heavy (non-hydrogen) atoms. The third kappa shape index (κ3) is 6.38. The summed E-state index contributed by atoms with van der Waals surface area (Å²) in [5, 5.41) is 2.35. The number of rotatable bonds is 9. The van der Waals surface area contributed by atoms with E-state index >= 15 is 0 Å². The summed E-state index contributed by atoms with van der Waals surface area (Å²) in [6, 6.07) is 29.3. The molecule has 0 N–H and O–H groups in total. The van der Waals surface area contributed by atoms with E-state index in [2.05, 4.69) is 53.4 Å². The third-order valence-corrected chi connectivity index (χ3v) is 7.17. The summed E-state index contributed by atoms with van der Waals surface area (Å²) in [6.07, 6.45) is 4.74. The molecule has 1 fully saturated rings. The molecule has 1 aliphatic heterocycles. The van der Waals surface area contributed by atoms with Gasteiger partial charge in [0.1, 0.15) is 23.4 Å². The zero-order valence-corrected chi connectivity index (χ0v) is 22.5. The second-order valence-electron chi connectivity index (χ2n) is 9.45. The van der Waals surface area contributed by atoms with Crippen molar-refractivity contribution in [2.45, 2.75) is 31.8 Å². The van der Waals surface area contributed by atoms with Crippen molar-refractivity contribution in [3.8, 4) is 28.4 Å². The highest BCUT2D eigenvalue weighted by Crippen LogP contribution is 2.40. The second kappa shape index (κ2) is 12.8. The molecule has 1 atom stereocenters. The number of hydrogen-bond donors (Lipinski definition) is 0. The lowest BCUT2D eigenvalue weighted by atomic mass is 9.89. The minimum Gasteiger partial charge on any atom is -0.497 e. The monoisotopic (exact) mass is 517 g/mol. The molecule has 0 spiro atoms. The molecule has 1 heterocycles. The Morgan fingerprint density at radius 3 is 2.14 bits per heavy atom. The first kappa shape index (κ1) is 26.8. The molecule has 4 aromatic rings. The highest BCUT2D eigenvalue weighted by molar-refractivity contribution is 5.93. The SMILES string of the molecule is COc1ccc(-c2ccc3cc(OC)ccc3c2C(CCN2CCCCC2)Oc2ccccc2)cc1.Cl. The maximum atomic E-state index is 6.78. The number of methoxy groups -OCH3 is 2. The van der Waals surface area contributed by atoms with E-state index in [-0.39, 0.29) is 18.5 Å². The Bertz CT molecular complexity index is 1270. The zero-order valence-electron chi connectivity index (χ0n) is 21.7. The summed E-state index contributed by atoms with van der Waals surface area (Å²) >= 11 is 0. The summed E-state index contributed by atoms with van der Waals surface area (Å²) in [6.45, 7) is 3.37. The molecule has 4 nitrogen and oxygen atoms in total. The Labute approximate surface area is 226 Å². The molecule has 0 amide bonds. The minimum atomic E-state index is -0.0940. The lowest BCUT2D eigenvalue weighted by Crippen LogP contribution is -2.32. The molecule has 5 rings (SSSR count). The van der Waals surface area contributed by atoms with Gasteiger partial charge in [0.2, 0.25) is 0 Å². The lowest BCUT2D eigenvalue weighted by Gasteiger charge is -2.30. The molecule has 1 unspecified atom stereocenters. The smallest absolute Gasteiger partial charge is 0.126 e. The third-order valence-electron chi connectivity index (χ3n) is 7.17.